The lowest BCUT2D eigenvalue weighted by atomic mass is 10.2. The number of benzene rings is 1. The highest BCUT2D eigenvalue weighted by Crippen LogP contribution is 2.33. The molecule has 124 valence electrons. The van der Waals surface area contributed by atoms with Gasteiger partial charge in [0.25, 0.3) is 0 Å². The van der Waals surface area contributed by atoms with Gasteiger partial charge in [-0.25, -0.2) is 4.79 Å². The number of anilines is 1. The maximum atomic E-state index is 12.1. The molecule has 2 N–H and O–H groups in total. The Morgan fingerprint density at radius 1 is 1.39 bits per heavy atom. The molecular weight excluding hydrogens is 318 g/mol. The van der Waals surface area contributed by atoms with Crippen LogP contribution in [0.5, 0.6) is 5.75 Å². The number of hydrogen-bond donors (Lipinski definition) is 2. The molecule has 0 fully saturated rings. The van der Waals surface area contributed by atoms with Gasteiger partial charge in [-0.15, -0.1) is 0 Å². The molecule has 6 nitrogen and oxygen atoms in total. The Morgan fingerprint density at radius 3 is 2.74 bits per heavy atom. The van der Waals surface area contributed by atoms with Crippen LogP contribution in [0.15, 0.2) is 22.7 Å². The summed E-state index contributed by atoms with van der Waals surface area (Å²) in [6.45, 7) is 7.75. The van der Waals surface area contributed by atoms with E-state index in [4.69, 9.17) is 20.9 Å². The maximum absolute atomic E-state index is 12.1. The fourth-order valence-corrected chi connectivity index (χ4v) is 2.27. The number of carbonyl (C=O) groups is 1. The van der Waals surface area contributed by atoms with Crippen LogP contribution in [0.3, 0.4) is 0 Å². The van der Waals surface area contributed by atoms with E-state index in [0.29, 0.717) is 28.8 Å². The van der Waals surface area contributed by atoms with Crippen LogP contribution in [0.2, 0.25) is 5.02 Å². The Balaban J connectivity index is 2.04. The fraction of sp³-hybridized carbons (Fsp3) is 0.375. The molecule has 7 heteroatoms. The minimum Gasteiger partial charge on any atom is -0.487 e. The van der Waals surface area contributed by atoms with E-state index >= 15 is 0 Å². The summed E-state index contributed by atoms with van der Waals surface area (Å²) in [6, 6.07) is 4.84. The van der Waals surface area contributed by atoms with Gasteiger partial charge in [-0.3, -0.25) is 0 Å². The van der Waals surface area contributed by atoms with Crippen molar-refractivity contribution in [1.82, 2.24) is 10.5 Å². The van der Waals surface area contributed by atoms with Crippen molar-refractivity contribution in [2.75, 3.05) is 5.32 Å². The molecule has 0 aliphatic heterocycles. The molecule has 23 heavy (non-hydrogen) atoms. The predicted octanol–water partition coefficient (Wildman–Crippen LogP) is 4.05. The highest BCUT2D eigenvalue weighted by molar-refractivity contribution is 6.32. The van der Waals surface area contributed by atoms with Crippen molar-refractivity contribution < 1.29 is 14.1 Å². The fourth-order valence-electron chi connectivity index (χ4n) is 2.05. The molecule has 0 atom stereocenters. The third-order valence-corrected chi connectivity index (χ3v) is 3.47. The number of halogens is 1. The molecule has 0 spiro atoms. The predicted molar refractivity (Wildman–Crippen MR) is 89.1 cm³/mol. The third-order valence-electron chi connectivity index (χ3n) is 3.18. The van der Waals surface area contributed by atoms with Crippen molar-refractivity contribution in [2.45, 2.75) is 40.3 Å². The van der Waals surface area contributed by atoms with E-state index < -0.39 is 0 Å². The lowest BCUT2D eigenvalue weighted by Crippen LogP contribution is -2.29. The molecule has 0 aliphatic carbocycles. The van der Waals surface area contributed by atoms with Gasteiger partial charge in [-0.2, -0.15) is 0 Å². The number of amides is 2. The van der Waals surface area contributed by atoms with Crippen LogP contribution in [0.25, 0.3) is 0 Å². The van der Waals surface area contributed by atoms with Gasteiger partial charge in [0.1, 0.15) is 5.76 Å². The van der Waals surface area contributed by atoms with Crippen molar-refractivity contribution >= 4 is 23.3 Å². The lowest BCUT2D eigenvalue weighted by molar-refractivity contribution is 0.242. The SMILES string of the molecule is Cc1noc(C)c1CNC(=O)Nc1cccc(Cl)c1OC(C)C. The highest BCUT2D eigenvalue weighted by Gasteiger charge is 2.14. The monoisotopic (exact) mass is 337 g/mol. The molecule has 0 radical (unpaired) electrons. The van der Waals surface area contributed by atoms with Crippen LogP contribution in [0.4, 0.5) is 10.5 Å². The minimum atomic E-state index is -0.360. The molecule has 0 bridgehead atoms. The quantitative estimate of drug-likeness (QED) is 0.862. The lowest BCUT2D eigenvalue weighted by Gasteiger charge is -2.16. The number of rotatable bonds is 5. The van der Waals surface area contributed by atoms with Gasteiger partial charge in [0.05, 0.1) is 22.5 Å². The van der Waals surface area contributed by atoms with E-state index in [0.717, 1.165) is 11.3 Å². The molecule has 2 rings (SSSR count). The van der Waals surface area contributed by atoms with Crippen LogP contribution in [0.1, 0.15) is 30.9 Å². The van der Waals surface area contributed by atoms with Crippen LogP contribution in [0, 0.1) is 13.8 Å². The summed E-state index contributed by atoms with van der Waals surface area (Å²) in [6.07, 6.45) is -0.0548. The molecule has 1 heterocycles. The number of hydrogen-bond acceptors (Lipinski definition) is 4. The maximum Gasteiger partial charge on any atom is 0.319 e. The standard InChI is InChI=1S/C16H20ClN3O3/c1-9(2)22-15-13(17)6-5-7-14(15)19-16(21)18-8-12-10(3)20-23-11(12)4/h5-7,9H,8H2,1-4H3,(H2,18,19,21). The molecule has 0 saturated heterocycles. The second-order valence-electron chi connectivity index (χ2n) is 5.39. The molecule has 0 unspecified atom stereocenters. The molecule has 0 aliphatic rings. The zero-order valence-electron chi connectivity index (χ0n) is 13.6. The Hall–Kier alpha value is -2.21. The van der Waals surface area contributed by atoms with E-state index in [1.807, 2.05) is 20.8 Å². The van der Waals surface area contributed by atoms with Gasteiger partial charge < -0.3 is 19.9 Å². The number of para-hydroxylation sites is 1. The second-order valence-corrected chi connectivity index (χ2v) is 5.80. The summed E-state index contributed by atoms with van der Waals surface area (Å²) in [5.41, 5.74) is 2.14. The van der Waals surface area contributed by atoms with Crippen LogP contribution in [-0.4, -0.2) is 17.3 Å². The van der Waals surface area contributed by atoms with Crippen molar-refractivity contribution in [1.29, 1.82) is 0 Å². The summed E-state index contributed by atoms with van der Waals surface area (Å²) in [5, 5.41) is 9.81. The Labute approximate surface area is 140 Å². The summed E-state index contributed by atoms with van der Waals surface area (Å²) < 4.78 is 10.7. The summed E-state index contributed by atoms with van der Waals surface area (Å²) in [7, 11) is 0. The van der Waals surface area contributed by atoms with Gasteiger partial charge in [0.2, 0.25) is 0 Å². The smallest absolute Gasteiger partial charge is 0.319 e. The van der Waals surface area contributed by atoms with Gasteiger partial charge in [0.15, 0.2) is 5.75 Å². The molecule has 1 aromatic carbocycles. The number of aromatic nitrogens is 1. The van der Waals surface area contributed by atoms with Gasteiger partial charge in [0, 0.05) is 12.1 Å². The topological polar surface area (TPSA) is 76.4 Å². The number of aryl methyl sites for hydroxylation is 2. The van der Waals surface area contributed by atoms with E-state index in [1.165, 1.54) is 0 Å². The first-order valence-corrected chi connectivity index (χ1v) is 7.68. The van der Waals surface area contributed by atoms with E-state index in [1.54, 1.807) is 25.1 Å². The normalized spacial score (nSPS) is 10.7. The minimum absolute atomic E-state index is 0.0548. The number of nitrogens with zero attached hydrogens (tertiary/aromatic N) is 1. The first kappa shape index (κ1) is 17.1. The van der Waals surface area contributed by atoms with Crippen molar-refractivity contribution in [3.05, 3.63) is 40.2 Å². The van der Waals surface area contributed by atoms with Crippen LogP contribution < -0.4 is 15.4 Å². The Bertz CT molecular complexity index is 678. The van der Waals surface area contributed by atoms with Gasteiger partial charge in [-0.1, -0.05) is 22.8 Å². The molecule has 0 saturated carbocycles. The van der Waals surface area contributed by atoms with Crippen LogP contribution >= 0.6 is 11.6 Å². The molecule has 1 aromatic heterocycles. The van der Waals surface area contributed by atoms with E-state index in [-0.39, 0.29) is 12.1 Å². The molecule has 2 aromatic rings. The van der Waals surface area contributed by atoms with Gasteiger partial charge in [-0.05, 0) is 39.8 Å². The number of urea groups is 1. The van der Waals surface area contributed by atoms with E-state index in [2.05, 4.69) is 15.8 Å². The third kappa shape index (κ3) is 4.39. The van der Waals surface area contributed by atoms with Crippen LogP contribution in [-0.2, 0) is 6.54 Å². The average molecular weight is 338 g/mol. The zero-order valence-corrected chi connectivity index (χ0v) is 14.3. The Morgan fingerprint density at radius 2 is 2.13 bits per heavy atom. The number of nitrogens with one attached hydrogen (secondary N) is 2. The first-order chi connectivity index (χ1) is 10.9. The van der Waals surface area contributed by atoms with Gasteiger partial charge >= 0.3 is 6.03 Å². The average Bonchev–Trinajstić information content (AvgIpc) is 2.79. The van der Waals surface area contributed by atoms with Crippen molar-refractivity contribution in [3.8, 4) is 5.75 Å². The molecular formula is C16H20ClN3O3. The number of ether oxygens (including phenoxy) is 1. The molecule has 2 amide bonds. The van der Waals surface area contributed by atoms with E-state index in [9.17, 15) is 4.79 Å². The number of carbonyl (C=O) groups excluding carboxylic acids is 1. The Kier molecular flexibility index (Phi) is 5.50. The summed E-state index contributed by atoms with van der Waals surface area (Å²) in [5.74, 6) is 1.14. The van der Waals surface area contributed by atoms with Crippen molar-refractivity contribution in [3.63, 3.8) is 0 Å². The summed E-state index contributed by atoms with van der Waals surface area (Å²) >= 11 is 6.14. The highest BCUT2D eigenvalue weighted by atomic mass is 35.5. The summed E-state index contributed by atoms with van der Waals surface area (Å²) in [4.78, 5) is 12.1. The largest absolute Gasteiger partial charge is 0.487 e. The van der Waals surface area contributed by atoms with Crippen molar-refractivity contribution in [2.24, 2.45) is 0 Å². The second kappa shape index (κ2) is 7.37. The first-order valence-electron chi connectivity index (χ1n) is 7.30. The zero-order chi connectivity index (χ0) is 17.0.